The van der Waals surface area contributed by atoms with Gasteiger partial charge in [-0.2, -0.15) is 0 Å². The Labute approximate surface area is 129 Å². The molecular weight excluding hydrogens is 258 g/mol. The van der Waals surface area contributed by atoms with Gasteiger partial charge >= 0.3 is 0 Å². The molecule has 0 aromatic heterocycles. The van der Waals surface area contributed by atoms with Gasteiger partial charge in [0.05, 0.1) is 11.7 Å². The summed E-state index contributed by atoms with van der Waals surface area (Å²) in [5, 5.41) is 3.63. The smallest absolute Gasteiger partial charge is 0.0957 e. The minimum absolute atomic E-state index is 0.0934. The monoisotopic (exact) mass is 287 g/mol. The van der Waals surface area contributed by atoms with E-state index in [0.717, 1.165) is 13.1 Å². The number of nitrogens with one attached hydrogen (secondary N) is 1. The zero-order valence-electron chi connectivity index (χ0n) is 13.5. The van der Waals surface area contributed by atoms with E-state index in [-0.39, 0.29) is 11.7 Å². The standard InChI is InChI=1S/C19H29NO/c1-15(2)16-7-9-17(10-8-16)18-13-20-14-19(21-18)11-5-3-4-6-12-19/h7-10,15,18,20H,3-6,11-14H2,1-2H3. The molecule has 2 fully saturated rings. The molecule has 0 amide bonds. The van der Waals surface area contributed by atoms with Crippen molar-refractivity contribution in [2.45, 2.75) is 70.0 Å². The molecule has 2 aliphatic rings. The summed E-state index contributed by atoms with van der Waals surface area (Å²) in [6, 6.07) is 9.05. The first-order chi connectivity index (χ1) is 10.2. The summed E-state index contributed by atoms with van der Waals surface area (Å²) in [4.78, 5) is 0. The van der Waals surface area contributed by atoms with Crippen LogP contribution in [0.25, 0.3) is 0 Å². The fourth-order valence-electron chi connectivity index (χ4n) is 3.77. The zero-order chi connectivity index (χ0) is 14.7. The van der Waals surface area contributed by atoms with Crippen molar-refractivity contribution < 1.29 is 4.74 Å². The first-order valence-corrected chi connectivity index (χ1v) is 8.67. The van der Waals surface area contributed by atoms with Crippen molar-refractivity contribution >= 4 is 0 Å². The van der Waals surface area contributed by atoms with Gasteiger partial charge in [-0.05, 0) is 29.9 Å². The van der Waals surface area contributed by atoms with Crippen LogP contribution >= 0.6 is 0 Å². The van der Waals surface area contributed by atoms with Crippen molar-refractivity contribution in [3.8, 4) is 0 Å². The second-order valence-electron chi connectivity index (χ2n) is 7.16. The molecule has 21 heavy (non-hydrogen) atoms. The van der Waals surface area contributed by atoms with E-state index >= 15 is 0 Å². The van der Waals surface area contributed by atoms with E-state index in [9.17, 15) is 0 Å². The molecule has 1 spiro atoms. The SMILES string of the molecule is CC(C)c1ccc(C2CNCC3(CCCCCC3)O2)cc1. The van der Waals surface area contributed by atoms with Crippen molar-refractivity contribution in [2.75, 3.05) is 13.1 Å². The van der Waals surface area contributed by atoms with Crippen LogP contribution in [0.1, 0.15) is 75.5 Å². The Kier molecular flexibility index (Phi) is 4.66. The Morgan fingerprint density at radius 3 is 2.33 bits per heavy atom. The van der Waals surface area contributed by atoms with Gasteiger partial charge in [0.1, 0.15) is 0 Å². The molecule has 1 saturated heterocycles. The zero-order valence-corrected chi connectivity index (χ0v) is 13.5. The number of rotatable bonds is 2. The lowest BCUT2D eigenvalue weighted by atomic mass is 9.91. The fourth-order valence-corrected chi connectivity index (χ4v) is 3.77. The highest BCUT2D eigenvalue weighted by atomic mass is 16.5. The summed E-state index contributed by atoms with van der Waals surface area (Å²) in [7, 11) is 0. The van der Waals surface area contributed by atoms with Gasteiger partial charge in [0, 0.05) is 13.1 Å². The van der Waals surface area contributed by atoms with Crippen LogP contribution in [-0.2, 0) is 4.74 Å². The van der Waals surface area contributed by atoms with Crippen LogP contribution in [0.3, 0.4) is 0 Å². The Balaban J connectivity index is 1.73. The average molecular weight is 287 g/mol. The maximum atomic E-state index is 6.62. The normalized spacial score (nSPS) is 26.0. The molecule has 1 N–H and O–H groups in total. The lowest BCUT2D eigenvalue weighted by Crippen LogP contribution is -2.50. The molecule has 2 nitrogen and oxygen atoms in total. The van der Waals surface area contributed by atoms with Gasteiger partial charge < -0.3 is 10.1 Å². The Morgan fingerprint density at radius 1 is 1.05 bits per heavy atom. The molecule has 116 valence electrons. The van der Waals surface area contributed by atoms with Crippen molar-refractivity contribution in [3.05, 3.63) is 35.4 Å². The quantitative estimate of drug-likeness (QED) is 0.860. The Morgan fingerprint density at radius 2 is 1.71 bits per heavy atom. The van der Waals surface area contributed by atoms with E-state index in [1.54, 1.807) is 0 Å². The summed E-state index contributed by atoms with van der Waals surface area (Å²) in [5.74, 6) is 0.595. The lowest BCUT2D eigenvalue weighted by Gasteiger charge is -2.42. The van der Waals surface area contributed by atoms with E-state index < -0.39 is 0 Å². The van der Waals surface area contributed by atoms with E-state index in [2.05, 4.69) is 43.4 Å². The highest BCUT2D eigenvalue weighted by molar-refractivity contribution is 5.27. The molecule has 1 aromatic rings. The van der Waals surface area contributed by atoms with Crippen molar-refractivity contribution in [2.24, 2.45) is 0 Å². The molecule has 3 rings (SSSR count). The van der Waals surface area contributed by atoms with E-state index in [0.29, 0.717) is 5.92 Å². The maximum Gasteiger partial charge on any atom is 0.0957 e. The van der Waals surface area contributed by atoms with Gasteiger partial charge in [-0.1, -0.05) is 63.8 Å². The highest BCUT2D eigenvalue weighted by Crippen LogP contribution is 2.37. The average Bonchev–Trinajstić information content (AvgIpc) is 2.73. The topological polar surface area (TPSA) is 21.3 Å². The molecule has 1 aromatic carbocycles. The van der Waals surface area contributed by atoms with E-state index in [1.807, 2.05) is 0 Å². The van der Waals surface area contributed by atoms with Gasteiger partial charge in [-0.3, -0.25) is 0 Å². The molecule has 0 bridgehead atoms. The summed E-state index contributed by atoms with van der Waals surface area (Å²) in [6.45, 7) is 6.47. The molecule has 1 heterocycles. The number of hydrogen-bond acceptors (Lipinski definition) is 2. The fraction of sp³-hybridized carbons (Fsp3) is 0.684. The van der Waals surface area contributed by atoms with Crippen LogP contribution < -0.4 is 5.32 Å². The maximum absolute atomic E-state index is 6.62. The van der Waals surface area contributed by atoms with Gasteiger partial charge in [-0.25, -0.2) is 0 Å². The summed E-state index contributed by atoms with van der Waals surface area (Å²) >= 11 is 0. The molecule has 1 atom stereocenters. The van der Waals surface area contributed by atoms with Gasteiger partial charge in [0.25, 0.3) is 0 Å². The lowest BCUT2D eigenvalue weighted by molar-refractivity contribution is -0.126. The predicted octanol–water partition coefficient (Wildman–Crippen LogP) is 4.56. The number of hydrogen-bond donors (Lipinski definition) is 1. The van der Waals surface area contributed by atoms with Gasteiger partial charge in [0.15, 0.2) is 0 Å². The van der Waals surface area contributed by atoms with Crippen LogP contribution in [0.5, 0.6) is 0 Å². The largest absolute Gasteiger partial charge is 0.364 e. The number of ether oxygens (including phenoxy) is 1. The first kappa shape index (κ1) is 15.1. The number of morpholine rings is 1. The minimum Gasteiger partial charge on any atom is -0.364 e. The van der Waals surface area contributed by atoms with Crippen LogP contribution in [0, 0.1) is 0 Å². The summed E-state index contributed by atoms with van der Waals surface area (Å²) in [5.41, 5.74) is 2.83. The van der Waals surface area contributed by atoms with Crippen molar-refractivity contribution in [1.82, 2.24) is 5.32 Å². The second-order valence-corrected chi connectivity index (χ2v) is 7.16. The second kappa shape index (κ2) is 6.50. The molecular formula is C19H29NO. The van der Waals surface area contributed by atoms with E-state index in [4.69, 9.17) is 4.74 Å². The molecule has 1 aliphatic heterocycles. The summed E-state index contributed by atoms with van der Waals surface area (Å²) < 4.78 is 6.62. The van der Waals surface area contributed by atoms with Crippen LogP contribution in [0.2, 0.25) is 0 Å². The molecule has 1 unspecified atom stereocenters. The third-order valence-electron chi connectivity index (χ3n) is 5.16. The molecule has 0 radical (unpaired) electrons. The molecule has 1 saturated carbocycles. The van der Waals surface area contributed by atoms with Crippen LogP contribution in [0.15, 0.2) is 24.3 Å². The summed E-state index contributed by atoms with van der Waals surface area (Å²) in [6.07, 6.45) is 8.05. The number of benzene rings is 1. The third kappa shape index (κ3) is 3.49. The third-order valence-corrected chi connectivity index (χ3v) is 5.16. The minimum atomic E-state index is 0.0934. The van der Waals surface area contributed by atoms with Crippen molar-refractivity contribution in [3.63, 3.8) is 0 Å². The van der Waals surface area contributed by atoms with E-state index in [1.165, 1.54) is 49.7 Å². The first-order valence-electron chi connectivity index (χ1n) is 8.67. The van der Waals surface area contributed by atoms with Crippen molar-refractivity contribution in [1.29, 1.82) is 0 Å². The molecule has 2 heteroatoms. The van der Waals surface area contributed by atoms with Crippen LogP contribution in [0.4, 0.5) is 0 Å². The van der Waals surface area contributed by atoms with Gasteiger partial charge in [-0.15, -0.1) is 0 Å². The predicted molar refractivity (Wildman–Crippen MR) is 87.7 cm³/mol. The Bertz CT molecular complexity index is 443. The van der Waals surface area contributed by atoms with Crippen LogP contribution in [-0.4, -0.2) is 18.7 Å². The molecule has 1 aliphatic carbocycles. The highest BCUT2D eigenvalue weighted by Gasteiger charge is 2.37. The van der Waals surface area contributed by atoms with Gasteiger partial charge in [0.2, 0.25) is 0 Å². The Hall–Kier alpha value is -0.860.